The molecule has 0 aliphatic heterocycles. The topological polar surface area (TPSA) is 58.9 Å². The number of benzene rings is 1. The normalized spacial score (nSPS) is 9.77. The summed E-state index contributed by atoms with van der Waals surface area (Å²) in [5.41, 5.74) is 1.37. The zero-order valence-corrected chi connectivity index (χ0v) is 7.79. The number of rotatable bonds is 2. The lowest BCUT2D eigenvalue weighted by Crippen LogP contribution is -1.89. The molecular formula is C9H11NO3. The van der Waals surface area contributed by atoms with Gasteiger partial charge in [-0.1, -0.05) is 0 Å². The summed E-state index contributed by atoms with van der Waals surface area (Å²) >= 11 is 0. The van der Waals surface area contributed by atoms with Crippen molar-refractivity contribution in [2.24, 2.45) is 5.18 Å². The van der Waals surface area contributed by atoms with Gasteiger partial charge < -0.3 is 9.84 Å². The Balaban J connectivity index is 3.47. The van der Waals surface area contributed by atoms with Crippen molar-refractivity contribution in [2.45, 2.75) is 13.8 Å². The Labute approximate surface area is 76.1 Å². The summed E-state index contributed by atoms with van der Waals surface area (Å²) in [5.74, 6) is 0.495. The lowest BCUT2D eigenvalue weighted by molar-refractivity contribution is 0.404. The summed E-state index contributed by atoms with van der Waals surface area (Å²) in [6, 6.07) is 1.47. The first-order valence-electron chi connectivity index (χ1n) is 3.82. The van der Waals surface area contributed by atoms with Gasteiger partial charge in [0.15, 0.2) is 0 Å². The van der Waals surface area contributed by atoms with Crippen molar-refractivity contribution in [2.75, 3.05) is 7.11 Å². The van der Waals surface area contributed by atoms with Gasteiger partial charge in [0.25, 0.3) is 0 Å². The van der Waals surface area contributed by atoms with E-state index in [1.165, 1.54) is 13.2 Å². The monoisotopic (exact) mass is 181 g/mol. The van der Waals surface area contributed by atoms with E-state index in [4.69, 9.17) is 4.74 Å². The molecule has 0 amide bonds. The van der Waals surface area contributed by atoms with Crippen LogP contribution in [0.2, 0.25) is 0 Å². The molecule has 1 aromatic rings. The van der Waals surface area contributed by atoms with Crippen molar-refractivity contribution in [3.05, 3.63) is 22.1 Å². The van der Waals surface area contributed by atoms with Crippen LogP contribution in [-0.2, 0) is 0 Å². The van der Waals surface area contributed by atoms with E-state index in [0.29, 0.717) is 16.9 Å². The second-order valence-electron chi connectivity index (χ2n) is 2.79. The van der Waals surface area contributed by atoms with Gasteiger partial charge in [0.05, 0.1) is 7.11 Å². The molecule has 0 aromatic heterocycles. The fraction of sp³-hybridized carbons (Fsp3) is 0.333. The summed E-state index contributed by atoms with van der Waals surface area (Å²) in [6.45, 7) is 3.36. The first-order chi connectivity index (χ1) is 6.11. The molecule has 1 aromatic carbocycles. The Morgan fingerprint density at radius 1 is 1.38 bits per heavy atom. The molecule has 0 saturated carbocycles. The molecule has 4 heteroatoms. The Hall–Kier alpha value is -1.58. The van der Waals surface area contributed by atoms with E-state index in [9.17, 15) is 10.0 Å². The number of hydrogen-bond donors (Lipinski definition) is 1. The minimum Gasteiger partial charge on any atom is -0.507 e. The summed E-state index contributed by atoms with van der Waals surface area (Å²) in [7, 11) is 1.48. The van der Waals surface area contributed by atoms with Crippen LogP contribution in [0, 0.1) is 18.8 Å². The number of ether oxygens (including phenoxy) is 1. The molecule has 70 valence electrons. The number of nitroso groups, excluding NO2 is 1. The fourth-order valence-corrected chi connectivity index (χ4v) is 1.21. The molecule has 1 N–H and O–H groups in total. The molecule has 1 rings (SSSR count). The number of phenols is 1. The molecule has 4 nitrogen and oxygen atoms in total. The van der Waals surface area contributed by atoms with Crippen molar-refractivity contribution in [3.8, 4) is 11.5 Å². The zero-order chi connectivity index (χ0) is 10.0. The summed E-state index contributed by atoms with van der Waals surface area (Å²) < 4.78 is 4.96. The Bertz CT molecular complexity index is 347. The maximum Gasteiger partial charge on any atom is 0.127 e. The first-order valence-corrected chi connectivity index (χ1v) is 3.82. The van der Waals surface area contributed by atoms with Crippen molar-refractivity contribution in [1.29, 1.82) is 0 Å². The minimum atomic E-state index is 0.0250. The second kappa shape index (κ2) is 3.43. The maximum absolute atomic E-state index is 10.5. The third kappa shape index (κ3) is 1.47. The number of phenolic OH excluding ortho intramolecular Hbond substituents is 1. The van der Waals surface area contributed by atoms with E-state index in [2.05, 4.69) is 5.18 Å². The lowest BCUT2D eigenvalue weighted by atomic mass is 10.1. The van der Waals surface area contributed by atoms with E-state index in [-0.39, 0.29) is 11.4 Å². The van der Waals surface area contributed by atoms with Gasteiger partial charge in [-0.15, -0.1) is 4.91 Å². The second-order valence-corrected chi connectivity index (χ2v) is 2.79. The molecule has 0 radical (unpaired) electrons. The highest BCUT2D eigenvalue weighted by Crippen LogP contribution is 2.37. The molecule has 0 saturated heterocycles. The average molecular weight is 181 g/mol. The Morgan fingerprint density at radius 3 is 2.46 bits per heavy atom. The molecule has 0 fully saturated rings. The molecule has 13 heavy (non-hydrogen) atoms. The summed E-state index contributed by atoms with van der Waals surface area (Å²) in [6.07, 6.45) is 0. The maximum atomic E-state index is 10.5. The zero-order valence-electron chi connectivity index (χ0n) is 7.79. The molecular weight excluding hydrogens is 170 g/mol. The van der Waals surface area contributed by atoms with Crippen molar-refractivity contribution in [3.63, 3.8) is 0 Å². The van der Waals surface area contributed by atoms with Crippen LogP contribution < -0.4 is 4.74 Å². The molecule has 0 bridgehead atoms. The quantitative estimate of drug-likeness (QED) is 0.712. The largest absolute Gasteiger partial charge is 0.507 e. The lowest BCUT2D eigenvalue weighted by Gasteiger charge is -2.09. The Kier molecular flexibility index (Phi) is 2.51. The van der Waals surface area contributed by atoms with E-state index < -0.39 is 0 Å². The van der Waals surface area contributed by atoms with E-state index >= 15 is 0 Å². The van der Waals surface area contributed by atoms with Gasteiger partial charge in [-0.3, -0.25) is 0 Å². The van der Waals surface area contributed by atoms with E-state index in [1.54, 1.807) is 13.8 Å². The highest BCUT2D eigenvalue weighted by molar-refractivity contribution is 5.63. The standard InChI is InChI=1S/C9H11NO3/c1-5-7(11)4-8(13-3)6(2)9(5)10-12/h4,11H,1-3H3. The van der Waals surface area contributed by atoms with Gasteiger partial charge in [0.2, 0.25) is 0 Å². The predicted molar refractivity (Wildman–Crippen MR) is 49.6 cm³/mol. The van der Waals surface area contributed by atoms with E-state index in [0.717, 1.165) is 0 Å². The van der Waals surface area contributed by atoms with Crippen LogP contribution in [0.15, 0.2) is 11.2 Å². The highest BCUT2D eigenvalue weighted by atomic mass is 16.5. The Morgan fingerprint density at radius 2 is 2.00 bits per heavy atom. The molecule has 0 aliphatic rings. The van der Waals surface area contributed by atoms with Crippen LogP contribution in [0.25, 0.3) is 0 Å². The minimum absolute atomic E-state index is 0.0250. The molecule has 0 atom stereocenters. The summed E-state index contributed by atoms with van der Waals surface area (Å²) in [4.78, 5) is 10.5. The van der Waals surface area contributed by atoms with Gasteiger partial charge in [0.1, 0.15) is 17.2 Å². The molecule has 0 spiro atoms. The third-order valence-electron chi connectivity index (χ3n) is 2.04. The van der Waals surface area contributed by atoms with Crippen molar-refractivity contribution in [1.82, 2.24) is 0 Å². The van der Waals surface area contributed by atoms with Crippen molar-refractivity contribution < 1.29 is 9.84 Å². The van der Waals surface area contributed by atoms with Crippen LogP contribution in [0.5, 0.6) is 11.5 Å². The fourth-order valence-electron chi connectivity index (χ4n) is 1.21. The number of hydrogen-bond acceptors (Lipinski definition) is 4. The number of methoxy groups -OCH3 is 1. The molecule has 0 aliphatic carbocycles. The third-order valence-corrected chi connectivity index (χ3v) is 2.04. The molecule has 0 unspecified atom stereocenters. The first kappa shape index (κ1) is 9.51. The van der Waals surface area contributed by atoms with Gasteiger partial charge in [-0.2, -0.15) is 0 Å². The van der Waals surface area contributed by atoms with Gasteiger partial charge in [0, 0.05) is 17.2 Å². The van der Waals surface area contributed by atoms with E-state index in [1.807, 2.05) is 0 Å². The predicted octanol–water partition coefficient (Wildman–Crippen LogP) is 2.42. The number of nitrogens with zero attached hydrogens (tertiary/aromatic N) is 1. The smallest absolute Gasteiger partial charge is 0.127 e. The van der Waals surface area contributed by atoms with Crippen LogP contribution in [-0.4, -0.2) is 12.2 Å². The summed E-state index contributed by atoms with van der Waals surface area (Å²) in [5, 5.41) is 12.2. The van der Waals surface area contributed by atoms with Crippen LogP contribution in [0.3, 0.4) is 0 Å². The average Bonchev–Trinajstić information content (AvgIpc) is 2.12. The highest BCUT2D eigenvalue weighted by Gasteiger charge is 2.12. The van der Waals surface area contributed by atoms with Gasteiger partial charge >= 0.3 is 0 Å². The molecule has 0 heterocycles. The SMILES string of the molecule is COc1cc(O)c(C)c(N=O)c1C. The van der Waals surface area contributed by atoms with Crippen LogP contribution >= 0.6 is 0 Å². The van der Waals surface area contributed by atoms with Gasteiger partial charge in [-0.25, -0.2) is 0 Å². The van der Waals surface area contributed by atoms with Crippen LogP contribution in [0.4, 0.5) is 5.69 Å². The van der Waals surface area contributed by atoms with Crippen LogP contribution in [0.1, 0.15) is 11.1 Å². The number of aromatic hydroxyl groups is 1. The van der Waals surface area contributed by atoms with Gasteiger partial charge in [-0.05, 0) is 19.0 Å². The van der Waals surface area contributed by atoms with Crippen molar-refractivity contribution >= 4 is 5.69 Å².